The fourth-order valence-electron chi connectivity index (χ4n) is 5.48. The van der Waals surface area contributed by atoms with Gasteiger partial charge in [-0.25, -0.2) is 0 Å². The maximum atomic E-state index is 12.5. The number of ether oxygens (including phenoxy) is 2. The summed E-state index contributed by atoms with van der Waals surface area (Å²) in [4.78, 5) is 92.7. The molecule has 0 radical (unpaired) electrons. The monoisotopic (exact) mass is 908 g/mol. The Balaban J connectivity index is 0.00000103. The first-order valence-electron chi connectivity index (χ1n) is 20.4. The maximum absolute atomic E-state index is 12.5. The summed E-state index contributed by atoms with van der Waals surface area (Å²) in [6.07, 6.45) is 2.88. The van der Waals surface area contributed by atoms with E-state index >= 15 is 0 Å². The van der Waals surface area contributed by atoms with E-state index in [1.165, 1.54) is 28.1 Å². The Labute approximate surface area is 373 Å². The number of aliphatic hydroxyl groups excluding tert-OH is 3. The number of nitrogens with one attached hydrogen (secondary N) is 3. The quantitative estimate of drug-likeness (QED) is 0.0304. The Hall–Kier alpha value is -5.43. The summed E-state index contributed by atoms with van der Waals surface area (Å²) < 4.78 is 9.01. The highest BCUT2D eigenvalue weighted by molar-refractivity contribution is 6.17. The number of amides is 3. The summed E-state index contributed by atoms with van der Waals surface area (Å²) in [7, 11) is 2.62. The predicted molar refractivity (Wildman–Crippen MR) is 235 cm³/mol. The number of benzene rings is 2. The van der Waals surface area contributed by atoms with Gasteiger partial charge >= 0.3 is 17.9 Å². The molecule has 0 fully saturated rings. The van der Waals surface area contributed by atoms with Gasteiger partial charge in [0, 0.05) is 61.7 Å². The molecule has 0 heterocycles. The number of hydrogen-bond donors (Lipinski definition) is 8. The molecule has 18 nitrogen and oxygen atoms in total. The molecule has 19 heteroatoms. The summed E-state index contributed by atoms with van der Waals surface area (Å²) in [6.45, 7) is 5.92. The number of halogens is 1. The summed E-state index contributed by atoms with van der Waals surface area (Å²) in [6, 6.07) is 8.75. The number of aliphatic hydroxyl groups is 3. The number of hydrogen-bond acceptors (Lipinski definition) is 14. The number of esters is 2. The number of ketones is 2. The Morgan fingerprint density at radius 3 is 1.38 bits per heavy atom. The fourth-order valence-corrected chi connectivity index (χ4v) is 5.64. The smallest absolute Gasteiger partial charge is 0.306 e. The third kappa shape index (κ3) is 26.0. The zero-order valence-corrected chi connectivity index (χ0v) is 37.8. The van der Waals surface area contributed by atoms with Crippen molar-refractivity contribution >= 4 is 70.2 Å². The number of carbonyl (C=O) groups is 8. The number of methoxy groups -OCH3 is 2. The van der Waals surface area contributed by atoms with Gasteiger partial charge in [-0.05, 0) is 86.1 Å². The number of alkyl halides is 1. The summed E-state index contributed by atoms with van der Waals surface area (Å²) in [5, 5.41) is 43.4. The standard InChI is InChI=1S/C22H31ClN2O6.C14H23NO6.C8H11NO2/c1-14(22(30)25-18-10-16(12-23)9-17(11-18)13-26)8-19(27)15(2)24-20(28)6-4-5-7-21(29)31-3;1-9(14(19)20)8-11(16)10(2)15-12(17)6-4-5-7-13(18)21-3;9-8-2-6(4-10)1-7(3-8)5-11/h9-11,14-15,26H,4-8,12-13H2,1-3H3,(H,24,28)(H,25,30);9-10H,4-8H2,1-3H3,(H,15,17)(H,19,20);1-3,10-11H,4-5,9H2/t14-,15+;9-,10+;/m11./s1. The summed E-state index contributed by atoms with van der Waals surface area (Å²) in [5.41, 5.74) is 9.40. The second kappa shape index (κ2) is 32.3. The predicted octanol–water partition coefficient (Wildman–Crippen LogP) is 3.85. The van der Waals surface area contributed by atoms with Crippen molar-refractivity contribution in [1.29, 1.82) is 0 Å². The number of carboxylic acids is 1. The highest BCUT2D eigenvalue weighted by atomic mass is 35.5. The number of aliphatic carboxylic acids is 1. The molecule has 0 saturated carbocycles. The fraction of sp³-hybridized carbons (Fsp3) is 0.545. The van der Waals surface area contributed by atoms with Gasteiger partial charge in [0.25, 0.3) is 0 Å². The van der Waals surface area contributed by atoms with Gasteiger partial charge in [-0.3, -0.25) is 38.4 Å². The van der Waals surface area contributed by atoms with Gasteiger partial charge < -0.3 is 51.6 Å². The summed E-state index contributed by atoms with van der Waals surface area (Å²) >= 11 is 5.84. The van der Waals surface area contributed by atoms with Crippen molar-refractivity contribution < 1.29 is 68.3 Å². The first-order valence-corrected chi connectivity index (χ1v) is 21.0. The minimum Gasteiger partial charge on any atom is -0.481 e. The topological polar surface area (TPSA) is 298 Å². The number of carbonyl (C=O) groups excluding carboxylic acids is 7. The molecule has 2 aromatic carbocycles. The van der Waals surface area contributed by atoms with E-state index in [9.17, 15) is 43.5 Å². The number of nitrogen functional groups attached to an aromatic ring is 1. The van der Waals surface area contributed by atoms with Crippen LogP contribution in [0.25, 0.3) is 0 Å². The van der Waals surface area contributed by atoms with Gasteiger partial charge in [0.2, 0.25) is 17.7 Å². The van der Waals surface area contributed by atoms with Gasteiger partial charge in [-0.2, -0.15) is 0 Å². The van der Waals surface area contributed by atoms with E-state index in [4.69, 9.17) is 32.7 Å². The van der Waals surface area contributed by atoms with Gasteiger partial charge in [0.05, 0.1) is 52.0 Å². The SMILES string of the molecule is COC(=O)CCCCC(=O)N[C@@H](C)C(=O)C[C@@H](C)C(=O)Nc1cc(CO)cc(CCl)c1.COC(=O)CCCCC(=O)N[C@@H](C)C(=O)C[C@@H](C)C(=O)O.Nc1cc(CO)cc(CO)c1. The Morgan fingerprint density at radius 1 is 0.603 bits per heavy atom. The van der Waals surface area contributed by atoms with E-state index in [1.54, 1.807) is 50.2 Å². The second-order valence-electron chi connectivity index (χ2n) is 14.8. The molecule has 0 aromatic heterocycles. The molecule has 0 unspecified atom stereocenters. The third-order valence-corrected chi connectivity index (χ3v) is 9.54. The van der Waals surface area contributed by atoms with E-state index in [-0.39, 0.29) is 105 Å². The minimum absolute atomic E-state index is 0.0301. The molecule has 0 spiro atoms. The molecule has 0 aliphatic heterocycles. The van der Waals surface area contributed by atoms with Gasteiger partial charge in [-0.1, -0.05) is 26.0 Å². The largest absolute Gasteiger partial charge is 0.481 e. The first-order chi connectivity index (χ1) is 29.7. The molecular weight excluding hydrogens is 844 g/mol. The molecule has 3 amide bonds. The van der Waals surface area contributed by atoms with E-state index < -0.39 is 29.9 Å². The molecule has 352 valence electrons. The molecular formula is C44H65ClN4O14. The van der Waals surface area contributed by atoms with Crippen molar-refractivity contribution in [2.24, 2.45) is 11.8 Å². The number of rotatable bonds is 25. The van der Waals surface area contributed by atoms with Crippen LogP contribution in [0.15, 0.2) is 36.4 Å². The lowest BCUT2D eigenvalue weighted by Gasteiger charge is -2.17. The van der Waals surface area contributed by atoms with E-state index in [1.807, 2.05) is 0 Å². The van der Waals surface area contributed by atoms with Crippen LogP contribution in [-0.4, -0.2) is 93.9 Å². The van der Waals surface area contributed by atoms with Crippen LogP contribution in [0, 0.1) is 11.8 Å². The molecule has 4 atom stereocenters. The van der Waals surface area contributed by atoms with Crippen LogP contribution < -0.4 is 21.7 Å². The normalized spacial score (nSPS) is 12.3. The Bertz CT molecular complexity index is 1760. The number of anilines is 2. The third-order valence-electron chi connectivity index (χ3n) is 9.23. The maximum Gasteiger partial charge on any atom is 0.306 e. The van der Waals surface area contributed by atoms with Crippen molar-refractivity contribution in [3.05, 3.63) is 58.7 Å². The average molecular weight is 909 g/mol. The molecule has 0 bridgehead atoms. The molecule has 0 saturated heterocycles. The zero-order chi connectivity index (χ0) is 48.1. The van der Waals surface area contributed by atoms with Crippen LogP contribution in [-0.2, 0) is 73.5 Å². The number of carboxylic acid groups (broad SMARTS) is 1. The Kier molecular flexibility index (Phi) is 29.5. The zero-order valence-electron chi connectivity index (χ0n) is 37.0. The van der Waals surface area contributed by atoms with Crippen LogP contribution in [0.4, 0.5) is 11.4 Å². The number of nitrogens with two attached hydrogens (primary N) is 1. The molecule has 0 aliphatic carbocycles. The minimum atomic E-state index is -1.04. The molecule has 0 aliphatic rings. The van der Waals surface area contributed by atoms with Gasteiger partial charge in [-0.15, -0.1) is 11.6 Å². The summed E-state index contributed by atoms with van der Waals surface area (Å²) in [5.74, 6) is -4.29. The second-order valence-corrected chi connectivity index (χ2v) is 15.1. The van der Waals surface area contributed by atoms with E-state index in [0.717, 1.165) is 16.7 Å². The molecule has 2 aromatic rings. The van der Waals surface area contributed by atoms with Crippen molar-refractivity contribution in [2.75, 3.05) is 25.3 Å². The average Bonchev–Trinajstić information content (AvgIpc) is 3.25. The number of Topliss-reactive ketones (excluding diaryl/α,β-unsaturated/α-hetero) is 2. The first kappa shape index (κ1) is 57.6. The van der Waals surface area contributed by atoms with Crippen LogP contribution in [0.3, 0.4) is 0 Å². The van der Waals surface area contributed by atoms with Crippen molar-refractivity contribution in [3.8, 4) is 0 Å². The lowest BCUT2D eigenvalue weighted by molar-refractivity contribution is -0.143. The van der Waals surface area contributed by atoms with Gasteiger partial charge in [0.15, 0.2) is 11.6 Å². The van der Waals surface area contributed by atoms with E-state index in [2.05, 4.69) is 25.4 Å². The molecule has 2 rings (SSSR count). The van der Waals surface area contributed by atoms with Crippen LogP contribution in [0.5, 0.6) is 0 Å². The van der Waals surface area contributed by atoms with Crippen LogP contribution >= 0.6 is 11.6 Å². The van der Waals surface area contributed by atoms with Crippen molar-refractivity contribution in [2.45, 2.75) is 130 Å². The Morgan fingerprint density at radius 2 is 0.984 bits per heavy atom. The highest BCUT2D eigenvalue weighted by Gasteiger charge is 2.23. The lowest BCUT2D eigenvalue weighted by Crippen LogP contribution is -2.39. The lowest BCUT2D eigenvalue weighted by atomic mass is 9.99. The van der Waals surface area contributed by atoms with E-state index in [0.29, 0.717) is 42.6 Å². The highest BCUT2D eigenvalue weighted by Crippen LogP contribution is 2.19. The number of unbranched alkanes of at least 4 members (excludes halogenated alkanes) is 2. The van der Waals surface area contributed by atoms with Crippen LogP contribution in [0.1, 0.15) is 114 Å². The van der Waals surface area contributed by atoms with Gasteiger partial charge in [0.1, 0.15) is 0 Å². The van der Waals surface area contributed by atoms with Crippen molar-refractivity contribution in [1.82, 2.24) is 10.6 Å². The molecule has 9 N–H and O–H groups in total. The van der Waals surface area contributed by atoms with Crippen LogP contribution in [0.2, 0.25) is 0 Å². The van der Waals surface area contributed by atoms with Crippen molar-refractivity contribution in [3.63, 3.8) is 0 Å². The molecule has 63 heavy (non-hydrogen) atoms.